The summed E-state index contributed by atoms with van der Waals surface area (Å²) in [4.78, 5) is 0. The van der Waals surface area contributed by atoms with Crippen LogP contribution in [0.3, 0.4) is 0 Å². The standard InChI is InChI=1S/2C46H30.C40H26/c1-2-14-33(15-3-1)45-39-21-6-8-23-41(39)46(42-24-9-7-22-40(42)45)43-26-12-17-32-27-28-35(30-44(32)43)34-18-10-19-36(29-34)38-25-11-16-31-13-4-5-20-37(31)38;1-2-15-33(16-3-1)45-39-22-8-10-24-41(39)46(42-25-11-9-23-40(42)45)43-27-13-18-32-28-29-34(30-44(32)43)36-20-6-7-21-37(36)38-26-12-17-31-14-4-5-19-35(31)38;1-2-13-29(14-3-1)39-33-18-6-8-20-35(33)40(36-21-9-7-19-34(36)39)37-23-11-16-28-24-25-30(26-38(28)37)32-22-10-15-27-12-4-5-17-31(27)32/h2*1-30H;1-26H. The molecule has 26 rings (SSSR count). The van der Waals surface area contributed by atoms with Crippen LogP contribution in [-0.2, 0) is 0 Å². The van der Waals surface area contributed by atoms with Crippen LogP contribution in [0.1, 0.15) is 0 Å². The van der Waals surface area contributed by atoms with Crippen LogP contribution in [-0.4, -0.2) is 0 Å². The van der Waals surface area contributed by atoms with E-state index in [4.69, 9.17) is 0 Å². The molecule has 0 N–H and O–H groups in total. The lowest BCUT2D eigenvalue weighted by Crippen LogP contribution is -1.92. The van der Waals surface area contributed by atoms with E-state index in [1.807, 2.05) is 0 Å². The largest absolute Gasteiger partial charge is 0.0622 e. The predicted octanol–water partition coefficient (Wildman–Crippen LogP) is 37.2. The molecular weight excluding hydrogens is 1590 g/mol. The van der Waals surface area contributed by atoms with Crippen molar-refractivity contribution >= 4 is 129 Å². The number of hydrogen-bond acceptors (Lipinski definition) is 0. The lowest BCUT2D eigenvalue weighted by Gasteiger charge is -2.19. The van der Waals surface area contributed by atoms with Crippen LogP contribution in [0.25, 0.3) is 252 Å². The molecule has 0 bridgehead atoms. The lowest BCUT2D eigenvalue weighted by molar-refractivity contribution is 1.61. The average Bonchev–Trinajstić information content (AvgIpc) is 0.733. The molecule has 614 valence electrons. The Morgan fingerprint density at radius 2 is 0.265 bits per heavy atom. The molecule has 0 aliphatic heterocycles. The van der Waals surface area contributed by atoms with E-state index in [1.165, 1.54) is 252 Å². The fourth-order valence-corrected chi connectivity index (χ4v) is 21.2. The molecule has 0 atom stereocenters. The third kappa shape index (κ3) is 14.0. The van der Waals surface area contributed by atoms with Gasteiger partial charge in [-0.2, -0.15) is 0 Å². The van der Waals surface area contributed by atoms with E-state index >= 15 is 0 Å². The molecule has 26 aromatic carbocycles. The number of rotatable bonds is 11. The molecule has 26 aromatic rings. The van der Waals surface area contributed by atoms with Crippen molar-refractivity contribution in [1.29, 1.82) is 0 Å². The van der Waals surface area contributed by atoms with Crippen LogP contribution in [0.4, 0.5) is 0 Å². The molecule has 0 amide bonds. The summed E-state index contributed by atoms with van der Waals surface area (Å²) in [5, 5.41) is 30.5. The van der Waals surface area contributed by atoms with Crippen molar-refractivity contribution in [3.05, 3.63) is 522 Å². The fourth-order valence-electron chi connectivity index (χ4n) is 21.2. The van der Waals surface area contributed by atoms with Gasteiger partial charge < -0.3 is 0 Å². The first-order chi connectivity index (χ1) is 65.5. The van der Waals surface area contributed by atoms with Crippen LogP contribution in [0.2, 0.25) is 0 Å². The van der Waals surface area contributed by atoms with Gasteiger partial charge >= 0.3 is 0 Å². The molecule has 0 aliphatic carbocycles. The quantitative estimate of drug-likeness (QED) is 0.113. The van der Waals surface area contributed by atoms with Gasteiger partial charge in [0.25, 0.3) is 0 Å². The molecule has 132 heavy (non-hydrogen) atoms. The smallest absolute Gasteiger partial charge is 0.00201 e. The van der Waals surface area contributed by atoms with E-state index in [2.05, 4.69) is 522 Å². The maximum atomic E-state index is 2.41. The zero-order chi connectivity index (χ0) is 87.4. The highest BCUT2D eigenvalue weighted by Gasteiger charge is 2.24. The molecular formula is C132H86. The van der Waals surface area contributed by atoms with Crippen molar-refractivity contribution in [2.75, 3.05) is 0 Å². The van der Waals surface area contributed by atoms with Gasteiger partial charge in [0.1, 0.15) is 0 Å². The monoisotopic (exact) mass is 1670 g/mol. The minimum Gasteiger partial charge on any atom is -0.0622 e. The van der Waals surface area contributed by atoms with Crippen LogP contribution in [0.5, 0.6) is 0 Å². The number of fused-ring (bicyclic) bond motifs is 12. The van der Waals surface area contributed by atoms with Crippen molar-refractivity contribution < 1.29 is 0 Å². The van der Waals surface area contributed by atoms with Gasteiger partial charge in [-0.15, -0.1) is 0 Å². The van der Waals surface area contributed by atoms with Crippen LogP contribution < -0.4 is 0 Å². The topological polar surface area (TPSA) is 0 Å². The highest BCUT2D eigenvalue weighted by Crippen LogP contribution is 2.52. The molecule has 0 radical (unpaired) electrons. The Bertz CT molecular complexity index is 8820. The molecule has 0 spiro atoms. The van der Waals surface area contributed by atoms with Crippen molar-refractivity contribution in [2.45, 2.75) is 0 Å². The first-order valence-corrected chi connectivity index (χ1v) is 45.8. The summed E-state index contributed by atoms with van der Waals surface area (Å²) >= 11 is 0. The maximum absolute atomic E-state index is 2.41. The van der Waals surface area contributed by atoms with Gasteiger partial charge in [-0.25, -0.2) is 0 Å². The van der Waals surface area contributed by atoms with Crippen LogP contribution in [0, 0.1) is 0 Å². The van der Waals surface area contributed by atoms with E-state index < -0.39 is 0 Å². The minimum atomic E-state index is 1.22. The zero-order valence-corrected chi connectivity index (χ0v) is 72.7. The van der Waals surface area contributed by atoms with E-state index in [0.29, 0.717) is 0 Å². The first-order valence-electron chi connectivity index (χ1n) is 45.8. The molecule has 0 nitrogen and oxygen atoms in total. The van der Waals surface area contributed by atoms with Gasteiger partial charge in [0, 0.05) is 0 Å². The fraction of sp³-hybridized carbons (Fsp3) is 0. The van der Waals surface area contributed by atoms with Crippen molar-refractivity contribution in [2.24, 2.45) is 0 Å². The molecule has 0 aliphatic rings. The normalized spacial score (nSPS) is 11.5. The Balaban J connectivity index is 0.000000110. The second-order valence-electron chi connectivity index (χ2n) is 34.6. The van der Waals surface area contributed by atoms with E-state index in [1.54, 1.807) is 0 Å². The van der Waals surface area contributed by atoms with Crippen molar-refractivity contribution in [3.63, 3.8) is 0 Å². The third-order valence-electron chi connectivity index (χ3n) is 27.2. The van der Waals surface area contributed by atoms with E-state index in [9.17, 15) is 0 Å². The van der Waals surface area contributed by atoms with Gasteiger partial charge in [-0.3, -0.25) is 0 Å². The SMILES string of the molecule is c1ccc(-c2c3ccccc3c(-c3cccc4ccc(-c5cccc(-c6cccc7ccccc67)c5)cc34)c3ccccc23)cc1.c1ccc(-c2c3ccccc3c(-c3cccc4ccc(-c5cccc6ccccc56)cc34)c3ccccc23)cc1.c1ccc(-c2c3ccccc3c(-c3cccc4ccc(-c5ccccc5-c5cccc6ccccc56)cc34)c3ccccc23)cc1. The van der Waals surface area contributed by atoms with Gasteiger partial charge in [0.05, 0.1) is 0 Å². The summed E-state index contributed by atoms with van der Waals surface area (Å²) < 4.78 is 0. The van der Waals surface area contributed by atoms with Gasteiger partial charge in [-0.1, -0.05) is 497 Å². The minimum absolute atomic E-state index is 1.22. The summed E-state index contributed by atoms with van der Waals surface area (Å²) in [6.07, 6.45) is 0. The molecule has 0 aromatic heterocycles. The highest BCUT2D eigenvalue weighted by molar-refractivity contribution is 6.27. The Labute approximate surface area is 767 Å². The average molecular weight is 1670 g/mol. The second-order valence-corrected chi connectivity index (χ2v) is 34.6. The van der Waals surface area contributed by atoms with Crippen LogP contribution in [0.15, 0.2) is 522 Å². The molecule has 0 saturated carbocycles. The first kappa shape index (κ1) is 78.3. The molecule has 0 saturated heterocycles. The van der Waals surface area contributed by atoms with Gasteiger partial charge in [0.2, 0.25) is 0 Å². The molecule has 0 unspecified atom stereocenters. The molecule has 0 fully saturated rings. The Kier molecular flexibility index (Phi) is 20.1. The van der Waals surface area contributed by atoms with Crippen molar-refractivity contribution in [3.8, 4) is 122 Å². The Morgan fingerprint density at radius 3 is 0.606 bits per heavy atom. The third-order valence-corrected chi connectivity index (χ3v) is 27.2. The predicted molar refractivity (Wildman–Crippen MR) is 569 cm³/mol. The Morgan fingerprint density at radius 1 is 0.0758 bits per heavy atom. The van der Waals surface area contributed by atoms with E-state index in [0.717, 1.165) is 0 Å². The highest BCUT2D eigenvalue weighted by atomic mass is 14.3. The zero-order valence-electron chi connectivity index (χ0n) is 72.7. The van der Waals surface area contributed by atoms with Gasteiger partial charge in [-0.05, 0) is 276 Å². The Hall–Kier alpha value is -17.2. The van der Waals surface area contributed by atoms with Gasteiger partial charge in [0.15, 0.2) is 0 Å². The van der Waals surface area contributed by atoms with E-state index in [-0.39, 0.29) is 0 Å². The summed E-state index contributed by atoms with van der Waals surface area (Å²) in [6, 6.07) is 191. The lowest BCUT2D eigenvalue weighted by atomic mass is 9.84. The van der Waals surface area contributed by atoms with Crippen molar-refractivity contribution in [1.82, 2.24) is 0 Å². The summed E-state index contributed by atoms with van der Waals surface area (Å²) in [5.41, 5.74) is 27.7. The summed E-state index contributed by atoms with van der Waals surface area (Å²) in [6.45, 7) is 0. The molecule has 0 heterocycles. The number of benzene rings is 26. The maximum Gasteiger partial charge on any atom is -0.00201 e. The van der Waals surface area contributed by atoms with Crippen LogP contribution >= 0.6 is 0 Å². The number of hydrogen-bond donors (Lipinski definition) is 0. The molecule has 0 heteroatoms. The second kappa shape index (κ2) is 33.9. The summed E-state index contributed by atoms with van der Waals surface area (Å²) in [5.74, 6) is 0. The summed E-state index contributed by atoms with van der Waals surface area (Å²) in [7, 11) is 0.